The molecule has 0 saturated heterocycles. The summed E-state index contributed by atoms with van der Waals surface area (Å²) in [5, 5.41) is 1.86. The van der Waals surface area contributed by atoms with Gasteiger partial charge in [-0.15, -0.1) is 23.1 Å². The van der Waals surface area contributed by atoms with Gasteiger partial charge in [0.2, 0.25) is 0 Å². The van der Waals surface area contributed by atoms with E-state index in [2.05, 4.69) is 4.98 Å². The van der Waals surface area contributed by atoms with Gasteiger partial charge in [0.25, 0.3) is 0 Å². The van der Waals surface area contributed by atoms with E-state index in [4.69, 9.17) is 14.7 Å². The van der Waals surface area contributed by atoms with Crippen LogP contribution in [-0.2, 0) is 0 Å². The molecule has 0 aliphatic carbocycles. The predicted octanol–water partition coefficient (Wildman–Crippen LogP) is 5.46. The number of aryl methyl sites for hydroxylation is 2. The number of carbonyl (C=O) groups is 1. The van der Waals surface area contributed by atoms with Gasteiger partial charge in [0, 0.05) is 16.5 Å². The number of ether oxygens (including phenoxy) is 1. The van der Waals surface area contributed by atoms with Crippen LogP contribution in [0.25, 0.3) is 31.6 Å². The third kappa shape index (κ3) is 2.95. The van der Waals surface area contributed by atoms with Gasteiger partial charge in [-0.1, -0.05) is 12.1 Å². The van der Waals surface area contributed by atoms with E-state index in [1.807, 2.05) is 44.4 Å². The van der Waals surface area contributed by atoms with Gasteiger partial charge in [-0.25, -0.2) is 15.0 Å². The summed E-state index contributed by atoms with van der Waals surface area (Å²) in [6, 6.07) is 7.77. The topological polar surface area (TPSA) is 65.0 Å². The van der Waals surface area contributed by atoms with Gasteiger partial charge in [-0.2, -0.15) is 0 Å². The Bertz CT molecular complexity index is 1230. The molecule has 0 fully saturated rings. The van der Waals surface area contributed by atoms with Gasteiger partial charge >= 0.3 is 0 Å². The molecule has 4 rings (SSSR count). The first-order chi connectivity index (χ1) is 13.4. The maximum absolute atomic E-state index is 12.6. The van der Waals surface area contributed by atoms with Crippen LogP contribution in [-0.4, -0.2) is 34.1 Å². The van der Waals surface area contributed by atoms with E-state index in [9.17, 15) is 4.79 Å². The van der Waals surface area contributed by atoms with Gasteiger partial charge < -0.3 is 4.74 Å². The molecular formula is C21H19N3O2S2. The molecule has 3 aromatic heterocycles. The Morgan fingerprint density at radius 1 is 1.11 bits per heavy atom. The highest BCUT2D eigenvalue weighted by Gasteiger charge is 2.23. The first kappa shape index (κ1) is 18.8. The largest absolute Gasteiger partial charge is 0.497 e. The number of pyridine rings is 1. The zero-order valence-corrected chi connectivity index (χ0v) is 17.9. The van der Waals surface area contributed by atoms with E-state index in [1.165, 1.54) is 0 Å². The number of carbonyl (C=O) groups excluding carboxylic acids is 1. The Labute approximate surface area is 171 Å². The van der Waals surface area contributed by atoms with Crippen molar-refractivity contribution in [3.63, 3.8) is 0 Å². The smallest absolute Gasteiger partial charge is 0.162 e. The van der Waals surface area contributed by atoms with Gasteiger partial charge in [0.1, 0.15) is 21.4 Å². The van der Waals surface area contributed by atoms with Crippen molar-refractivity contribution in [1.29, 1.82) is 0 Å². The van der Waals surface area contributed by atoms with Crippen LogP contribution in [0.4, 0.5) is 0 Å². The maximum Gasteiger partial charge on any atom is 0.162 e. The van der Waals surface area contributed by atoms with Crippen LogP contribution in [0, 0.1) is 13.8 Å². The molecule has 0 aliphatic rings. The minimum Gasteiger partial charge on any atom is -0.497 e. The number of thioether (sulfide) groups is 1. The summed E-state index contributed by atoms with van der Waals surface area (Å²) in [6.07, 6.45) is 2.01. The molecule has 28 heavy (non-hydrogen) atoms. The molecule has 4 aromatic rings. The minimum absolute atomic E-state index is 0.00654. The maximum atomic E-state index is 12.6. The summed E-state index contributed by atoms with van der Waals surface area (Å²) >= 11 is 3.18. The second kappa shape index (κ2) is 7.14. The number of ketones is 1. The molecule has 142 valence electrons. The van der Waals surface area contributed by atoms with Crippen molar-refractivity contribution in [2.24, 2.45) is 0 Å². The van der Waals surface area contributed by atoms with E-state index < -0.39 is 0 Å². The van der Waals surface area contributed by atoms with Crippen molar-refractivity contribution < 1.29 is 9.53 Å². The van der Waals surface area contributed by atoms with Crippen LogP contribution in [0.3, 0.4) is 0 Å². The fourth-order valence-corrected chi connectivity index (χ4v) is 5.42. The van der Waals surface area contributed by atoms with Crippen molar-refractivity contribution in [2.75, 3.05) is 13.4 Å². The summed E-state index contributed by atoms with van der Waals surface area (Å²) in [7, 11) is 1.64. The number of methoxy groups -OCH3 is 1. The van der Waals surface area contributed by atoms with Gasteiger partial charge in [-0.3, -0.25) is 4.79 Å². The van der Waals surface area contributed by atoms with E-state index in [-0.39, 0.29) is 5.78 Å². The lowest BCUT2D eigenvalue weighted by Gasteiger charge is -2.13. The molecular weight excluding hydrogens is 390 g/mol. The first-order valence-electron chi connectivity index (χ1n) is 8.75. The Morgan fingerprint density at radius 2 is 1.82 bits per heavy atom. The molecule has 7 heteroatoms. The van der Waals surface area contributed by atoms with Crippen LogP contribution in [0.1, 0.15) is 28.8 Å². The Balaban J connectivity index is 2.20. The fourth-order valence-electron chi connectivity index (χ4n) is 3.48. The zero-order valence-electron chi connectivity index (χ0n) is 16.3. The Kier molecular flexibility index (Phi) is 4.81. The number of aromatic nitrogens is 3. The number of hydrogen-bond donors (Lipinski definition) is 0. The minimum atomic E-state index is -0.00654. The number of hydrogen-bond acceptors (Lipinski definition) is 7. The standard InChI is InChI=1S/C21H19N3O2S2/c1-10-15(11(2)25)16(13-6-8-14(26-4)9-7-13)17-18-19(28-20(17)22-10)21(27-5)24-12(3)23-18/h6-9H,1-5H3. The van der Waals surface area contributed by atoms with Crippen LogP contribution < -0.4 is 4.74 Å². The highest BCUT2D eigenvalue weighted by molar-refractivity contribution is 7.98. The number of nitrogens with zero attached hydrogens (tertiary/aromatic N) is 3. The van der Waals surface area contributed by atoms with Crippen molar-refractivity contribution in [1.82, 2.24) is 15.0 Å². The monoisotopic (exact) mass is 409 g/mol. The van der Waals surface area contributed by atoms with E-state index in [0.29, 0.717) is 11.4 Å². The number of benzene rings is 1. The molecule has 1 aromatic carbocycles. The molecule has 0 atom stereocenters. The van der Waals surface area contributed by atoms with Crippen LogP contribution in [0.15, 0.2) is 29.3 Å². The fraction of sp³-hybridized carbons (Fsp3) is 0.238. The average Bonchev–Trinajstić information content (AvgIpc) is 3.03. The van der Waals surface area contributed by atoms with Crippen LogP contribution in [0.2, 0.25) is 0 Å². The van der Waals surface area contributed by atoms with Gasteiger partial charge in [0.15, 0.2) is 5.78 Å². The number of thiophene rings is 1. The normalized spacial score (nSPS) is 11.3. The van der Waals surface area contributed by atoms with E-state index >= 15 is 0 Å². The number of Topliss-reactive ketones (excluding diaryl/α,β-unsaturated/α-hetero) is 1. The Hall–Kier alpha value is -2.51. The lowest BCUT2D eigenvalue weighted by atomic mass is 9.93. The quantitative estimate of drug-likeness (QED) is 0.253. The lowest BCUT2D eigenvalue weighted by molar-refractivity contribution is 0.101. The first-order valence-corrected chi connectivity index (χ1v) is 10.8. The average molecular weight is 410 g/mol. The van der Waals surface area contributed by atoms with Gasteiger partial charge in [0.05, 0.1) is 23.0 Å². The van der Waals surface area contributed by atoms with Crippen molar-refractivity contribution in [3.8, 4) is 16.9 Å². The molecule has 0 aliphatic heterocycles. The predicted molar refractivity (Wildman–Crippen MR) is 116 cm³/mol. The molecule has 3 heterocycles. The second-order valence-corrected chi connectivity index (χ2v) is 8.27. The Morgan fingerprint density at radius 3 is 2.43 bits per heavy atom. The van der Waals surface area contributed by atoms with E-state index in [1.54, 1.807) is 37.1 Å². The third-order valence-corrected chi connectivity index (χ3v) is 6.54. The van der Waals surface area contributed by atoms with Crippen molar-refractivity contribution >= 4 is 49.3 Å². The molecule has 5 nitrogen and oxygen atoms in total. The lowest BCUT2D eigenvalue weighted by Crippen LogP contribution is -2.03. The summed E-state index contributed by atoms with van der Waals surface area (Å²) in [5.41, 5.74) is 4.06. The second-order valence-electron chi connectivity index (χ2n) is 6.47. The molecule has 0 unspecified atom stereocenters. The summed E-state index contributed by atoms with van der Waals surface area (Å²) in [6.45, 7) is 5.37. The van der Waals surface area contributed by atoms with Crippen molar-refractivity contribution in [3.05, 3.63) is 41.3 Å². The zero-order chi connectivity index (χ0) is 20.0. The molecule has 0 saturated carbocycles. The van der Waals surface area contributed by atoms with Crippen LogP contribution >= 0.6 is 23.1 Å². The molecule has 0 amide bonds. The van der Waals surface area contributed by atoms with E-state index in [0.717, 1.165) is 48.0 Å². The number of fused-ring (bicyclic) bond motifs is 3. The highest BCUT2D eigenvalue weighted by Crippen LogP contribution is 2.43. The van der Waals surface area contributed by atoms with Crippen LogP contribution in [0.5, 0.6) is 5.75 Å². The molecule has 0 N–H and O–H groups in total. The summed E-state index contributed by atoms with van der Waals surface area (Å²) < 4.78 is 6.30. The van der Waals surface area contributed by atoms with Gasteiger partial charge in [-0.05, 0) is 44.7 Å². The number of rotatable bonds is 4. The highest BCUT2D eigenvalue weighted by atomic mass is 32.2. The third-order valence-electron chi connectivity index (χ3n) is 4.65. The molecule has 0 spiro atoms. The summed E-state index contributed by atoms with van der Waals surface area (Å²) in [5.74, 6) is 1.48. The molecule has 0 bridgehead atoms. The summed E-state index contributed by atoms with van der Waals surface area (Å²) in [4.78, 5) is 27.5. The van der Waals surface area contributed by atoms with Crippen molar-refractivity contribution in [2.45, 2.75) is 25.8 Å². The molecule has 0 radical (unpaired) electrons. The SMILES string of the molecule is COc1ccc(-c2c(C(C)=O)c(C)nc3sc4c(SC)nc(C)nc4c23)cc1.